The van der Waals surface area contributed by atoms with Gasteiger partial charge in [-0.2, -0.15) is 0 Å². The summed E-state index contributed by atoms with van der Waals surface area (Å²) < 4.78 is 12.6. The molecule has 1 atom stereocenters. The lowest BCUT2D eigenvalue weighted by Gasteiger charge is -2.06. The topological polar surface area (TPSA) is 72.2 Å². The van der Waals surface area contributed by atoms with E-state index in [1.165, 1.54) is 0 Å². The Hall–Kier alpha value is -0.880. The first-order valence-corrected chi connectivity index (χ1v) is 7.46. The highest BCUT2D eigenvalue weighted by Crippen LogP contribution is 2.21. The molecule has 1 rings (SSSR count). The second-order valence-electron chi connectivity index (χ2n) is 3.53. The van der Waals surface area contributed by atoms with Crippen LogP contribution in [0, 0.1) is 0 Å². The molecule has 0 heterocycles. The Morgan fingerprint density at radius 3 is 2.82 bits per heavy atom. The van der Waals surface area contributed by atoms with Gasteiger partial charge in [0.25, 0.3) is 0 Å². The number of nitrogen functional groups attached to an aromatic ring is 1. The Morgan fingerprint density at radius 1 is 1.53 bits per heavy atom. The van der Waals surface area contributed by atoms with Crippen molar-refractivity contribution in [3.63, 3.8) is 0 Å². The number of nitrogens with one attached hydrogen (secondary N) is 1. The first kappa shape index (κ1) is 14.2. The van der Waals surface area contributed by atoms with E-state index in [2.05, 4.69) is 21.2 Å². The fourth-order valence-corrected chi connectivity index (χ4v) is 3.12. The van der Waals surface area contributed by atoms with E-state index in [9.17, 15) is 9.00 Å². The van der Waals surface area contributed by atoms with E-state index in [1.54, 1.807) is 12.1 Å². The number of hydrogen-bond donors (Lipinski definition) is 2. The molecule has 1 aromatic carbocycles. The third-order valence-electron chi connectivity index (χ3n) is 2.06. The normalized spacial score (nSPS) is 12.1. The molecule has 4 nitrogen and oxygen atoms in total. The molecule has 0 aliphatic carbocycles. The summed E-state index contributed by atoms with van der Waals surface area (Å²) in [6.07, 6.45) is 0. The highest BCUT2D eigenvalue weighted by atomic mass is 79.9. The number of halogens is 1. The number of carbonyl (C=O) groups excluding carboxylic acids is 1. The zero-order chi connectivity index (χ0) is 12.8. The number of hydrogen-bond acceptors (Lipinski definition) is 3. The monoisotopic (exact) mass is 318 g/mol. The predicted octanol–water partition coefficient (Wildman–Crippen LogP) is 1.42. The summed E-state index contributed by atoms with van der Waals surface area (Å²) in [5.74, 6) is 0.195. The van der Waals surface area contributed by atoms with E-state index in [0.717, 1.165) is 10.0 Å². The van der Waals surface area contributed by atoms with Gasteiger partial charge in [-0.1, -0.05) is 22.0 Å². The van der Waals surface area contributed by atoms with Crippen molar-refractivity contribution in [3.8, 4) is 0 Å². The van der Waals surface area contributed by atoms with E-state index in [1.807, 2.05) is 13.0 Å². The van der Waals surface area contributed by atoms with E-state index < -0.39 is 10.8 Å². The molecular weight excluding hydrogens is 304 g/mol. The van der Waals surface area contributed by atoms with Gasteiger partial charge in [-0.3, -0.25) is 9.00 Å². The van der Waals surface area contributed by atoms with Crippen molar-refractivity contribution in [2.24, 2.45) is 0 Å². The molecule has 0 saturated carbocycles. The largest absolute Gasteiger partial charge is 0.399 e. The maximum absolute atomic E-state index is 11.7. The average molecular weight is 319 g/mol. The molecule has 3 N–H and O–H groups in total. The minimum atomic E-state index is -1.20. The van der Waals surface area contributed by atoms with Gasteiger partial charge in [-0.25, -0.2) is 0 Å². The maximum Gasteiger partial charge on any atom is 0.232 e. The van der Waals surface area contributed by atoms with Gasteiger partial charge in [-0.05, 0) is 24.6 Å². The van der Waals surface area contributed by atoms with Gasteiger partial charge in [0, 0.05) is 27.5 Å². The Kier molecular flexibility index (Phi) is 5.64. The number of benzene rings is 1. The summed E-state index contributed by atoms with van der Waals surface area (Å²) in [7, 11) is -1.20. The molecule has 94 valence electrons. The summed E-state index contributed by atoms with van der Waals surface area (Å²) in [5, 5.41) is 2.62. The highest BCUT2D eigenvalue weighted by molar-refractivity contribution is 9.10. The molecule has 0 radical (unpaired) electrons. The number of amides is 1. The minimum absolute atomic E-state index is 0.0324. The van der Waals surface area contributed by atoms with Crippen molar-refractivity contribution < 1.29 is 9.00 Å². The van der Waals surface area contributed by atoms with Crippen molar-refractivity contribution >= 4 is 38.3 Å². The fourth-order valence-electron chi connectivity index (χ4n) is 1.30. The molecule has 0 aromatic heterocycles. The Morgan fingerprint density at radius 2 is 2.24 bits per heavy atom. The molecule has 0 fully saturated rings. The predicted molar refractivity (Wildman–Crippen MR) is 74.0 cm³/mol. The molecule has 17 heavy (non-hydrogen) atoms. The van der Waals surface area contributed by atoms with Crippen LogP contribution in [-0.4, -0.2) is 22.4 Å². The van der Waals surface area contributed by atoms with Crippen LogP contribution in [-0.2, 0) is 21.3 Å². The summed E-state index contributed by atoms with van der Waals surface area (Å²) in [5.41, 5.74) is 7.15. The molecule has 0 aliphatic heterocycles. The zero-order valence-electron chi connectivity index (χ0n) is 9.53. The molecule has 0 bridgehead atoms. The number of anilines is 1. The van der Waals surface area contributed by atoms with Crippen molar-refractivity contribution in [1.29, 1.82) is 0 Å². The second kappa shape index (κ2) is 6.76. The Balaban J connectivity index is 2.59. The summed E-state index contributed by atoms with van der Waals surface area (Å²) >= 11 is 3.36. The number of carbonyl (C=O) groups is 1. The van der Waals surface area contributed by atoms with Crippen LogP contribution >= 0.6 is 15.9 Å². The third-order valence-corrected chi connectivity index (χ3v) is 4.01. The SMILES string of the molecule is CCNC(=O)CS(=O)Cc1ccc(N)cc1Br. The summed E-state index contributed by atoms with van der Waals surface area (Å²) in [4.78, 5) is 11.2. The summed E-state index contributed by atoms with van der Waals surface area (Å²) in [6, 6.07) is 5.33. The van der Waals surface area contributed by atoms with Gasteiger partial charge >= 0.3 is 0 Å². The lowest BCUT2D eigenvalue weighted by molar-refractivity contribution is -0.118. The van der Waals surface area contributed by atoms with Crippen molar-refractivity contribution in [1.82, 2.24) is 5.32 Å². The van der Waals surface area contributed by atoms with Crippen LogP contribution in [0.1, 0.15) is 12.5 Å². The fraction of sp³-hybridized carbons (Fsp3) is 0.364. The lowest BCUT2D eigenvalue weighted by atomic mass is 10.2. The molecule has 0 saturated heterocycles. The number of nitrogens with two attached hydrogens (primary N) is 1. The minimum Gasteiger partial charge on any atom is -0.399 e. The lowest BCUT2D eigenvalue weighted by Crippen LogP contribution is -2.28. The van der Waals surface area contributed by atoms with Crippen molar-refractivity contribution in [3.05, 3.63) is 28.2 Å². The van der Waals surface area contributed by atoms with Crippen LogP contribution in [0.25, 0.3) is 0 Å². The van der Waals surface area contributed by atoms with E-state index in [4.69, 9.17) is 5.73 Å². The first-order valence-electron chi connectivity index (χ1n) is 5.18. The molecule has 1 aromatic rings. The van der Waals surface area contributed by atoms with E-state index in [-0.39, 0.29) is 11.7 Å². The van der Waals surface area contributed by atoms with Crippen LogP contribution in [0.4, 0.5) is 5.69 Å². The third kappa shape index (κ3) is 4.87. The maximum atomic E-state index is 11.7. The van der Waals surface area contributed by atoms with E-state index >= 15 is 0 Å². The molecular formula is C11H15BrN2O2S. The van der Waals surface area contributed by atoms with Crippen LogP contribution in [0.2, 0.25) is 0 Å². The van der Waals surface area contributed by atoms with Gasteiger partial charge in [0.05, 0.1) is 5.75 Å². The van der Waals surface area contributed by atoms with Crippen LogP contribution < -0.4 is 11.1 Å². The van der Waals surface area contributed by atoms with Crippen molar-refractivity contribution in [2.45, 2.75) is 12.7 Å². The molecule has 1 unspecified atom stereocenters. The van der Waals surface area contributed by atoms with Gasteiger partial charge in [0.1, 0.15) is 5.75 Å². The highest BCUT2D eigenvalue weighted by Gasteiger charge is 2.09. The van der Waals surface area contributed by atoms with Crippen LogP contribution in [0.15, 0.2) is 22.7 Å². The number of rotatable bonds is 5. The van der Waals surface area contributed by atoms with Gasteiger partial charge in [0.2, 0.25) is 5.91 Å². The smallest absolute Gasteiger partial charge is 0.232 e. The Bertz CT molecular complexity index is 437. The second-order valence-corrected chi connectivity index (χ2v) is 5.84. The quantitative estimate of drug-likeness (QED) is 0.806. The van der Waals surface area contributed by atoms with Gasteiger partial charge in [-0.15, -0.1) is 0 Å². The Labute approximate surface area is 112 Å². The van der Waals surface area contributed by atoms with Gasteiger partial charge < -0.3 is 11.1 Å². The first-order chi connectivity index (χ1) is 8.02. The standard InChI is InChI=1S/C11H15BrN2O2S/c1-2-14-11(15)7-17(16)6-8-3-4-9(13)5-10(8)12/h3-5H,2,6-7,13H2,1H3,(H,14,15). The van der Waals surface area contributed by atoms with Crippen molar-refractivity contribution in [2.75, 3.05) is 18.0 Å². The molecule has 6 heteroatoms. The average Bonchev–Trinajstić information content (AvgIpc) is 2.22. The summed E-state index contributed by atoms with van der Waals surface area (Å²) in [6.45, 7) is 2.39. The van der Waals surface area contributed by atoms with E-state index in [0.29, 0.717) is 18.0 Å². The molecule has 1 amide bonds. The molecule has 0 spiro atoms. The van der Waals surface area contributed by atoms with Crippen LogP contribution in [0.3, 0.4) is 0 Å². The zero-order valence-corrected chi connectivity index (χ0v) is 11.9. The van der Waals surface area contributed by atoms with Crippen LogP contribution in [0.5, 0.6) is 0 Å². The van der Waals surface area contributed by atoms with Gasteiger partial charge in [0.15, 0.2) is 0 Å². The molecule has 0 aliphatic rings.